The summed E-state index contributed by atoms with van der Waals surface area (Å²) in [7, 11) is 0. The van der Waals surface area contributed by atoms with Crippen molar-refractivity contribution in [1.82, 2.24) is 20.1 Å². The molecule has 0 aliphatic heterocycles. The maximum Gasteiger partial charge on any atom is 0.319 e. The number of hydrogen-bond acceptors (Lipinski definition) is 7. The molecule has 0 N–H and O–H groups in total. The summed E-state index contributed by atoms with van der Waals surface area (Å²) in [4.78, 5) is 25.7. The van der Waals surface area contributed by atoms with Gasteiger partial charge < -0.3 is 9.26 Å². The third-order valence-corrected chi connectivity index (χ3v) is 4.23. The van der Waals surface area contributed by atoms with E-state index in [2.05, 4.69) is 20.1 Å². The number of esters is 1. The highest BCUT2D eigenvalue weighted by atomic mass is 16.6. The predicted octanol–water partition coefficient (Wildman–Crippen LogP) is 3.45. The second-order valence-electron chi connectivity index (χ2n) is 7.53. The summed E-state index contributed by atoms with van der Waals surface area (Å²) in [5, 5.41) is 3.98. The van der Waals surface area contributed by atoms with E-state index in [0.29, 0.717) is 17.5 Å². The molecule has 0 spiro atoms. The largest absolute Gasteiger partial charge is 0.459 e. The van der Waals surface area contributed by atoms with Gasteiger partial charge in [0.1, 0.15) is 11.5 Å². The Morgan fingerprint density at radius 3 is 2.60 bits per heavy atom. The van der Waals surface area contributed by atoms with E-state index in [1.807, 2.05) is 27.7 Å². The molecule has 1 aliphatic rings. The number of ether oxygens (including phenoxy) is 1. The average Bonchev–Trinajstić information content (AvgIpc) is 3.18. The summed E-state index contributed by atoms with van der Waals surface area (Å²) in [6.45, 7) is 7.44. The minimum Gasteiger partial charge on any atom is -0.459 e. The molecule has 0 aromatic carbocycles. The van der Waals surface area contributed by atoms with Crippen molar-refractivity contribution >= 4 is 5.97 Å². The van der Waals surface area contributed by atoms with E-state index in [1.54, 1.807) is 12.3 Å². The van der Waals surface area contributed by atoms with Crippen molar-refractivity contribution in [3.63, 3.8) is 0 Å². The van der Waals surface area contributed by atoms with Gasteiger partial charge in [0.2, 0.25) is 17.5 Å². The molecule has 0 amide bonds. The van der Waals surface area contributed by atoms with Crippen LogP contribution in [0.15, 0.2) is 16.8 Å². The maximum atomic E-state index is 12.8. The molecule has 7 nitrogen and oxygen atoms in total. The molecule has 25 heavy (non-hydrogen) atoms. The molecule has 0 radical (unpaired) electrons. The van der Waals surface area contributed by atoms with Crippen LogP contribution in [-0.4, -0.2) is 31.7 Å². The summed E-state index contributed by atoms with van der Waals surface area (Å²) in [5.41, 5.74) is 0.257. The first-order chi connectivity index (χ1) is 11.8. The molecular weight excluding hydrogens is 320 g/mol. The number of carbonyl (C=O) groups is 1. The van der Waals surface area contributed by atoms with Gasteiger partial charge in [0.25, 0.3) is 0 Å². The Hall–Kier alpha value is -2.31. The molecule has 0 bridgehead atoms. The topological polar surface area (TPSA) is 91.0 Å². The van der Waals surface area contributed by atoms with Crippen molar-refractivity contribution in [3.8, 4) is 11.6 Å². The summed E-state index contributed by atoms with van der Waals surface area (Å²) in [6.07, 6.45) is 5.78. The molecule has 2 heterocycles. The van der Waals surface area contributed by atoms with Gasteiger partial charge in [-0.2, -0.15) is 4.98 Å². The lowest BCUT2D eigenvalue weighted by molar-refractivity contribution is -0.159. The van der Waals surface area contributed by atoms with Crippen LogP contribution in [0.4, 0.5) is 0 Å². The van der Waals surface area contributed by atoms with Gasteiger partial charge in [-0.1, -0.05) is 18.0 Å². The zero-order chi connectivity index (χ0) is 18.0. The van der Waals surface area contributed by atoms with E-state index in [9.17, 15) is 4.79 Å². The van der Waals surface area contributed by atoms with Gasteiger partial charge in [0.15, 0.2) is 0 Å². The van der Waals surface area contributed by atoms with Crippen molar-refractivity contribution < 1.29 is 14.1 Å². The Kier molecular flexibility index (Phi) is 4.83. The van der Waals surface area contributed by atoms with Gasteiger partial charge in [0.05, 0.1) is 0 Å². The van der Waals surface area contributed by atoms with Gasteiger partial charge in [0, 0.05) is 11.9 Å². The number of aromatic nitrogens is 4. The molecule has 3 rings (SSSR count). The van der Waals surface area contributed by atoms with Gasteiger partial charge >= 0.3 is 5.97 Å². The highest BCUT2D eigenvalue weighted by Crippen LogP contribution is 2.38. The molecule has 7 heteroatoms. The van der Waals surface area contributed by atoms with Crippen molar-refractivity contribution in [2.75, 3.05) is 0 Å². The van der Waals surface area contributed by atoms with Gasteiger partial charge in [-0.3, -0.25) is 4.79 Å². The number of nitrogens with zero attached hydrogens (tertiary/aromatic N) is 4. The maximum absolute atomic E-state index is 12.8. The highest BCUT2D eigenvalue weighted by Gasteiger charge is 2.39. The molecule has 1 unspecified atom stereocenters. The lowest BCUT2D eigenvalue weighted by Gasteiger charge is -2.25. The van der Waals surface area contributed by atoms with Crippen molar-refractivity contribution in [2.24, 2.45) is 5.92 Å². The van der Waals surface area contributed by atoms with E-state index >= 15 is 0 Å². The fraction of sp³-hybridized carbons (Fsp3) is 0.611. The van der Waals surface area contributed by atoms with Crippen LogP contribution in [0.25, 0.3) is 11.6 Å². The van der Waals surface area contributed by atoms with Gasteiger partial charge in [-0.05, 0) is 52.5 Å². The third-order valence-electron chi connectivity index (χ3n) is 4.23. The second kappa shape index (κ2) is 6.90. The van der Waals surface area contributed by atoms with Crippen LogP contribution < -0.4 is 0 Å². The molecule has 2 aromatic rings. The summed E-state index contributed by atoms with van der Waals surface area (Å²) in [6, 6.07) is 1.80. The van der Waals surface area contributed by atoms with E-state index in [1.165, 1.54) is 0 Å². The summed E-state index contributed by atoms with van der Waals surface area (Å²) in [5.74, 6) is 0.310. The number of hydrogen-bond donors (Lipinski definition) is 0. The lowest BCUT2D eigenvalue weighted by Crippen LogP contribution is -2.30. The fourth-order valence-electron chi connectivity index (χ4n) is 3.16. The second-order valence-corrected chi connectivity index (χ2v) is 7.53. The first kappa shape index (κ1) is 17.5. The molecule has 1 atom stereocenters. The standard InChI is InChI=1S/C18H24N4O3/c1-11-9-10-19-14(20-11)15-21-16(25-22-15)13(12-7-5-6-8-12)17(23)24-18(2,3)4/h9-10,12-13H,5-8H2,1-4H3. The summed E-state index contributed by atoms with van der Waals surface area (Å²) >= 11 is 0. The Morgan fingerprint density at radius 1 is 1.24 bits per heavy atom. The lowest BCUT2D eigenvalue weighted by atomic mass is 9.90. The van der Waals surface area contributed by atoms with E-state index < -0.39 is 11.5 Å². The van der Waals surface area contributed by atoms with Crippen LogP contribution >= 0.6 is 0 Å². The monoisotopic (exact) mass is 344 g/mol. The Bertz CT molecular complexity index is 745. The van der Waals surface area contributed by atoms with Crippen molar-refractivity contribution in [2.45, 2.75) is 64.9 Å². The molecule has 1 aliphatic carbocycles. The first-order valence-electron chi connectivity index (χ1n) is 8.70. The summed E-state index contributed by atoms with van der Waals surface area (Å²) < 4.78 is 11.0. The quantitative estimate of drug-likeness (QED) is 0.784. The Balaban J connectivity index is 1.90. The Labute approximate surface area is 147 Å². The number of aryl methyl sites for hydroxylation is 1. The van der Waals surface area contributed by atoms with E-state index in [4.69, 9.17) is 9.26 Å². The fourth-order valence-corrected chi connectivity index (χ4v) is 3.16. The molecule has 1 saturated carbocycles. The average molecular weight is 344 g/mol. The highest BCUT2D eigenvalue weighted by molar-refractivity contribution is 5.77. The molecule has 0 saturated heterocycles. The molecule has 2 aromatic heterocycles. The first-order valence-corrected chi connectivity index (χ1v) is 8.70. The molecule has 1 fully saturated rings. The van der Waals surface area contributed by atoms with Gasteiger partial charge in [-0.15, -0.1) is 0 Å². The SMILES string of the molecule is Cc1ccnc(-c2noc(C(C(=O)OC(C)(C)C)C3CCCC3)n2)n1. The van der Waals surface area contributed by atoms with Crippen LogP contribution in [-0.2, 0) is 9.53 Å². The van der Waals surface area contributed by atoms with Gasteiger partial charge in [-0.25, -0.2) is 9.97 Å². The van der Waals surface area contributed by atoms with Crippen LogP contribution in [0.2, 0.25) is 0 Å². The minimum atomic E-state index is -0.559. The third kappa shape index (κ3) is 4.21. The molecular formula is C18H24N4O3. The van der Waals surface area contributed by atoms with Crippen LogP contribution in [0.3, 0.4) is 0 Å². The van der Waals surface area contributed by atoms with Crippen LogP contribution in [0.1, 0.15) is 64.0 Å². The number of carbonyl (C=O) groups excluding carboxylic acids is 1. The smallest absolute Gasteiger partial charge is 0.319 e. The zero-order valence-electron chi connectivity index (χ0n) is 15.2. The Morgan fingerprint density at radius 2 is 1.96 bits per heavy atom. The number of rotatable bonds is 4. The normalized spacial score (nSPS) is 16.8. The van der Waals surface area contributed by atoms with E-state index in [0.717, 1.165) is 31.4 Å². The van der Waals surface area contributed by atoms with Crippen LogP contribution in [0.5, 0.6) is 0 Å². The van der Waals surface area contributed by atoms with Crippen molar-refractivity contribution in [1.29, 1.82) is 0 Å². The van der Waals surface area contributed by atoms with Crippen LogP contribution in [0, 0.1) is 12.8 Å². The zero-order valence-corrected chi connectivity index (χ0v) is 15.2. The van der Waals surface area contributed by atoms with Crippen molar-refractivity contribution in [3.05, 3.63) is 23.8 Å². The van der Waals surface area contributed by atoms with E-state index in [-0.39, 0.29) is 11.9 Å². The predicted molar refractivity (Wildman–Crippen MR) is 90.6 cm³/mol. The minimum absolute atomic E-state index is 0.168. The molecule has 134 valence electrons.